The molecule has 0 spiro atoms. The molecule has 0 aliphatic carbocycles. The second-order valence-corrected chi connectivity index (χ2v) is 9.41. The number of fused-ring (bicyclic) bond motifs is 1. The van der Waals surface area contributed by atoms with E-state index in [0.717, 1.165) is 71.5 Å². The summed E-state index contributed by atoms with van der Waals surface area (Å²) >= 11 is 0. The molecule has 0 bridgehead atoms. The summed E-state index contributed by atoms with van der Waals surface area (Å²) in [7, 11) is 0. The van der Waals surface area contributed by atoms with Crippen molar-refractivity contribution in [3.63, 3.8) is 0 Å². The predicted molar refractivity (Wildman–Crippen MR) is 137 cm³/mol. The Hall–Kier alpha value is -3.92. The lowest BCUT2D eigenvalue weighted by Gasteiger charge is -2.31. The summed E-state index contributed by atoms with van der Waals surface area (Å²) in [5, 5.41) is 10.6. The van der Waals surface area contributed by atoms with E-state index in [0.29, 0.717) is 17.2 Å². The third kappa shape index (κ3) is 4.89. The molecule has 5 rings (SSSR count). The van der Waals surface area contributed by atoms with Crippen LogP contribution >= 0.6 is 0 Å². The number of nitrogens with two attached hydrogens (primary N) is 1. The van der Waals surface area contributed by atoms with Crippen LogP contribution in [0.25, 0.3) is 22.3 Å². The molecule has 2 aromatic carbocycles. The largest absolute Gasteiger partial charge is 0.416 e. The van der Waals surface area contributed by atoms with Gasteiger partial charge in [0.2, 0.25) is 0 Å². The molecule has 2 aromatic heterocycles. The van der Waals surface area contributed by atoms with Crippen LogP contribution in [0.1, 0.15) is 39.0 Å². The first-order chi connectivity index (χ1) is 17.6. The van der Waals surface area contributed by atoms with Crippen LogP contribution < -0.4 is 11.1 Å². The Bertz CT molecular complexity index is 1490. The first-order valence-electron chi connectivity index (χ1n) is 12.1. The van der Waals surface area contributed by atoms with Gasteiger partial charge >= 0.3 is 6.18 Å². The smallest absolute Gasteiger partial charge is 0.384 e. The van der Waals surface area contributed by atoms with Crippen LogP contribution in [0.4, 0.5) is 24.7 Å². The Morgan fingerprint density at radius 3 is 2.65 bits per heavy atom. The molecule has 0 atom stereocenters. The fraction of sp³-hybridized carbons (Fsp3) is 0.296. The second-order valence-electron chi connectivity index (χ2n) is 9.41. The van der Waals surface area contributed by atoms with Gasteiger partial charge in [0.05, 0.1) is 16.6 Å². The van der Waals surface area contributed by atoms with Crippen LogP contribution in [-0.4, -0.2) is 45.6 Å². The number of nitrogens with zero attached hydrogens (tertiary/aromatic N) is 3. The maximum atomic E-state index is 13.1. The summed E-state index contributed by atoms with van der Waals surface area (Å²) in [5.41, 5.74) is 10.7. The minimum Gasteiger partial charge on any atom is -0.384 e. The summed E-state index contributed by atoms with van der Waals surface area (Å²) in [6.45, 7) is 7.01. The van der Waals surface area contributed by atoms with Gasteiger partial charge in [-0.2, -0.15) is 18.3 Å². The first-order valence-corrected chi connectivity index (χ1v) is 12.1. The number of hydrogen-bond donors (Lipinski definition) is 3. The number of carbonyl (C=O) groups is 1. The molecule has 0 saturated carbocycles. The first kappa shape index (κ1) is 24.8. The molecular formula is C27H27F3N6O. The van der Waals surface area contributed by atoms with E-state index in [1.807, 2.05) is 19.9 Å². The Balaban J connectivity index is 1.51. The number of nitrogens with one attached hydrogen (secondary N) is 2. The van der Waals surface area contributed by atoms with E-state index < -0.39 is 17.6 Å². The lowest BCUT2D eigenvalue weighted by molar-refractivity contribution is -0.137. The van der Waals surface area contributed by atoms with Crippen molar-refractivity contribution >= 4 is 28.4 Å². The van der Waals surface area contributed by atoms with Crippen molar-refractivity contribution in [3.8, 4) is 11.3 Å². The van der Waals surface area contributed by atoms with E-state index in [2.05, 4.69) is 20.4 Å². The molecule has 1 aliphatic heterocycles. The fourth-order valence-corrected chi connectivity index (χ4v) is 4.70. The molecular weight excluding hydrogens is 481 g/mol. The third-order valence-corrected chi connectivity index (χ3v) is 6.94. The van der Waals surface area contributed by atoms with Crippen LogP contribution in [0.15, 0.2) is 42.5 Å². The van der Waals surface area contributed by atoms with Crippen LogP contribution in [-0.2, 0) is 12.6 Å². The van der Waals surface area contributed by atoms with Gasteiger partial charge in [0, 0.05) is 23.4 Å². The highest BCUT2D eigenvalue weighted by Crippen LogP contribution is 2.35. The molecule has 1 aliphatic rings. The van der Waals surface area contributed by atoms with Gasteiger partial charge in [0.1, 0.15) is 5.82 Å². The minimum absolute atomic E-state index is 0.0745. The average molecular weight is 509 g/mol. The van der Waals surface area contributed by atoms with Crippen molar-refractivity contribution < 1.29 is 18.0 Å². The highest BCUT2D eigenvalue weighted by atomic mass is 19.4. The van der Waals surface area contributed by atoms with E-state index in [1.54, 1.807) is 12.1 Å². The maximum Gasteiger partial charge on any atom is 0.416 e. The normalized spacial score (nSPS) is 14.1. The highest BCUT2D eigenvalue weighted by molar-refractivity contribution is 6.04. The average Bonchev–Trinajstić information content (AvgIpc) is 3.20. The number of nitrogen functional groups attached to an aromatic ring is 1. The van der Waals surface area contributed by atoms with E-state index in [-0.39, 0.29) is 5.56 Å². The van der Waals surface area contributed by atoms with Crippen LogP contribution in [0.5, 0.6) is 0 Å². The molecule has 1 fully saturated rings. The number of aromatic amines is 1. The molecule has 4 N–H and O–H groups in total. The lowest BCUT2D eigenvalue weighted by Crippen LogP contribution is -2.38. The number of benzene rings is 2. The van der Waals surface area contributed by atoms with Crippen molar-refractivity contribution in [1.82, 2.24) is 20.1 Å². The molecule has 4 aromatic rings. The number of alkyl halides is 3. The van der Waals surface area contributed by atoms with Gasteiger partial charge in [-0.05, 0) is 86.8 Å². The van der Waals surface area contributed by atoms with Crippen LogP contribution in [0.2, 0.25) is 0 Å². The molecule has 192 valence electrons. The third-order valence-electron chi connectivity index (χ3n) is 6.94. The van der Waals surface area contributed by atoms with Gasteiger partial charge in [-0.1, -0.05) is 12.1 Å². The van der Waals surface area contributed by atoms with Gasteiger partial charge in [-0.3, -0.25) is 9.89 Å². The zero-order valence-corrected chi connectivity index (χ0v) is 20.5. The number of pyridine rings is 1. The molecule has 0 radical (unpaired) electrons. The fourth-order valence-electron chi connectivity index (χ4n) is 4.70. The number of halogens is 3. The molecule has 0 unspecified atom stereocenters. The summed E-state index contributed by atoms with van der Waals surface area (Å²) in [6.07, 6.45) is -2.56. The van der Waals surface area contributed by atoms with Crippen molar-refractivity contribution in [2.24, 2.45) is 0 Å². The van der Waals surface area contributed by atoms with E-state index >= 15 is 0 Å². The zero-order chi connectivity index (χ0) is 26.3. The Labute approximate surface area is 211 Å². The molecule has 3 heterocycles. The van der Waals surface area contributed by atoms with E-state index in [9.17, 15) is 18.0 Å². The van der Waals surface area contributed by atoms with Crippen molar-refractivity contribution in [3.05, 3.63) is 70.3 Å². The molecule has 37 heavy (non-hydrogen) atoms. The number of hydrogen-bond acceptors (Lipinski definition) is 5. The van der Waals surface area contributed by atoms with Crippen LogP contribution in [0, 0.1) is 13.8 Å². The SMILES string of the molecule is Cc1ccc(NC(=O)c2cccc(C(F)(F)F)c2)cc1-c1nc2n[nH]c(N)c2c(C)c1CCN1CCC1. The van der Waals surface area contributed by atoms with Crippen molar-refractivity contribution in [2.45, 2.75) is 32.9 Å². The number of aryl methyl sites for hydroxylation is 2. The van der Waals surface area contributed by atoms with Gasteiger partial charge in [0.15, 0.2) is 5.65 Å². The molecule has 1 saturated heterocycles. The van der Waals surface area contributed by atoms with E-state index in [1.165, 1.54) is 18.6 Å². The number of aromatic nitrogens is 3. The minimum atomic E-state index is -4.53. The standard InChI is InChI=1S/C27H27F3N6O/c1-15-7-8-19(32-26(37)17-5-3-6-18(13-17)27(28,29)30)14-21(15)23-20(9-12-36-10-4-11-36)16(2)22-24(31)34-35-25(22)33-23/h3,5-8,13-14H,4,9-12H2,1-2H3,(H,32,37)(H3,31,33,34,35). The maximum absolute atomic E-state index is 13.1. The predicted octanol–water partition coefficient (Wildman–Crippen LogP) is 5.34. The van der Waals surface area contributed by atoms with E-state index in [4.69, 9.17) is 10.7 Å². The van der Waals surface area contributed by atoms with Crippen molar-refractivity contribution in [2.75, 3.05) is 30.7 Å². The second kappa shape index (κ2) is 9.51. The summed E-state index contributed by atoms with van der Waals surface area (Å²) in [6, 6.07) is 9.75. The summed E-state index contributed by atoms with van der Waals surface area (Å²) < 4.78 is 39.3. The molecule has 1 amide bonds. The topological polar surface area (TPSA) is 99.9 Å². The lowest BCUT2D eigenvalue weighted by atomic mass is 9.94. The Morgan fingerprint density at radius 2 is 1.95 bits per heavy atom. The van der Waals surface area contributed by atoms with Gasteiger partial charge < -0.3 is 16.0 Å². The number of anilines is 2. The van der Waals surface area contributed by atoms with Gasteiger partial charge in [-0.25, -0.2) is 4.98 Å². The summed E-state index contributed by atoms with van der Waals surface area (Å²) in [5.74, 6) is -0.158. The van der Waals surface area contributed by atoms with Crippen molar-refractivity contribution in [1.29, 1.82) is 0 Å². The van der Waals surface area contributed by atoms with Gasteiger partial charge in [-0.15, -0.1) is 0 Å². The Kier molecular flexibility index (Phi) is 6.36. The quantitative estimate of drug-likeness (QED) is 0.326. The molecule has 10 heteroatoms. The monoisotopic (exact) mass is 508 g/mol. The number of amides is 1. The number of rotatable bonds is 6. The van der Waals surface area contributed by atoms with Crippen LogP contribution in [0.3, 0.4) is 0 Å². The number of carbonyl (C=O) groups excluding carboxylic acids is 1. The summed E-state index contributed by atoms with van der Waals surface area (Å²) in [4.78, 5) is 20.0. The number of likely N-dealkylation sites (tertiary alicyclic amines) is 1. The molecule has 7 nitrogen and oxygen atoms in total. The van der Waals surface area contributed by atoms with Gasteiger partial charge in [0.25, 0.3) is 5.91 Å². The highest BCUT2D eigenvalue weighted by Gasteiger charge is 2.31. The zero-order valence-electron chi connectivity index (χ0n) is 20.5. The Morgan fingerprint density at radius 1 is 1.16 bits per heavy atom. The number of H-pyrrole nitrogens is 1.